The van der Waals surface area contributed by atoms with Crippen molar-refractivity contribution < 1.29 is 28.5 Å². The molecule has 1 N–H and O–H groups in total. The highest BCUT2D eigenvalue weighted by molar-refractivity contribution is 6.74. The van der Waals surface area contributed by atoms with E-state index >= 15 is 0 Å². The van der Waals surface area contributed by atoms with Gasteiger partial charge in [-0.25, -0.2) is 0 Å². The van der Waals surface area contributed by atoms with Gasteiger partial charge in [-0.1, -0.05) is 20.8 Å². The number of nitro groups is 1. The number of nitrogens with zero attached hydrogens (tertiary/aromatic N) is 1. The SMILES string of the molecule is C[C@@H](O[Si](C)(C)C(C)(C)C)[C@H]1C(=O)NC1CC(=O)CC(=O)OCc1ccc([N+](=O)[O-])cc1. The molecule has 1 aliphatic heterocycles. The van der Waals surface area contributed by atoms with Gasteiger partial charge in [-0.15, -0.1) is 0 Å². The van der Waals surface area contributed by atoms with Crippen molar-refractivity contribution in [3.8, 4) is 0 Å². The summed E-state index contributed by atoms with van der Waals surface area (Å²) in [7, 11) is -2.07. The highest BCUT2D eigenvalue weighted by Gasteiger charge is 2.47. The van der Waals surface area contributed by atoms with Crippen LogP contribution in [0, 0.1) is 16.0 Å². The molecule has 1 heterocycles. The molecule has 2 rings (SSSR count). The maximum atomic E-state index is 12.3. The monoisotopic (exact) mass is 464 g/mol. The summed E-state index contributed by atoms with van der Waals surface area (Å²) in [6, 6.07) is 5.26. The number of nitrogens with one attached hydrogen (secondary N) is 1. The zero-order valence-electron chi connectivity index (χ0n) is 19.5. The van der Waals surface area contributed by atoms with Crippen molar-refractivity contribution in [2.75, 3.05) is 0 Å². The molecule has 1 amide bonds. The van der Waals surface area contributed by atoms with Gasteiger partial charge < -0.3 is 14.5 Å². The Morgan fingerprint density at radius 2 is 1.81 bits per heavy atom. The van der Waals surface area contributed by atoms with Crippen LogP contribution in [0.15, 0.2) is 24.3 Å². The number of Topliss-reactive ketones (excluding diaryl/α,β-unsaturated/α-hetero) is 1. The van der Waals surface area contributed by atoms with Crippen LogP contribution in [0.3, 0.4) is 0 Å². The molecule has 32 heavy (non-hydrogen) atoms. The second-order valence-electron chi connectivity index (χ2n) is 9.73. The highest BCUT2D eigenvalue weighted by Crippen LogP contribution is 2.39. The van der Waals surface area contributed by atoms with E-state index in [4.69, 9.17) is 9.16 Å². The molecule has 1 fully saturated rings. The van der Waals surface area contributed by atoms with Crippen LogP contribution < -0.4 is 5.32 Å². The minimum absolute atomic E-state index is 0.000228. The molecule has 0 aromatic heterocycles. The normalized spacial score (nSPS) is 19.5. The van der Waals surface area contributed by atoms with Crippen molar-refractivity contribution in [2.24, 2.45) is 5.92 Å². The lowest BCUT2D eigenvalue weighted by Crippen LogP contribution is -2.64. The van der Waals surface area contributed by atoms with Crippen molar-refractivity contribution in [3.63, 3.8) is 0 Å². The van der Waals surface area contributed by atoms with Gasteiger partial charge >= 0.3 is 5.97 Å². The predicted octanol–water partition coefficient (Wildman–Crippen LogP) is 3.51. The number of carbonyl (C=O) groups excluding carboxylic acids is 3. The quantitative estimate of drug-likeness (QED) is 0.140. The van der Waals surface area contributed by atoms with E-state index in [1.165, 1.54) is 24.3 Å². The lowest BCUT2D eigenvalue weighted by Gasteiger charge is -2.45. The Balaban J connectivity index is 1.83. The number of amides is 1. The molecular weight excluding hydrogens is 432 g/mol. The Labute approximate surface area is 189 Å². The molecule has 1 saturated heterocycles. The van der Waals surface area contributed by atoms with E-state index < -0.39 is 31.5 Å². The third kappa shape index (κ3) is 6.46. The number of carbonyl (C=O) groups is 3. The molecule has 0 spiro atoms. The number of benzene rings is 1. The van der Waals surface area contributed by atoms with Crippen LogP contribution in [0.1, 0.15) is 46.1 Å². The first-order valence-corrected chi connectivity index (χ1v) is 13.5. The van der Waals surface area contributed by atoms with E-state index in [2.05, 4.69) is 39.2 Å². The smallest absolute Gasteiger partial charge is 0.313 e. The van der Waals surface area contributed by atoms with Crippen molar-refractivity contribution in [1.82, 2.24) is 5.32 Å². The molecule has 1 aromatic carbocycles. The fraction of sp³-hybridized carbons (Fsp3) is 0.591. The Hall–Kier alpha value is -2.59. The summed E-state index contributed by atoms with van der Waals surface area (Å²) >= 11 is 0. The number of hydrogen-bond acceptors (Lipinski definition) is 7. The molecule has 0 aliphatic carbocycles. The fourth-order valence-electron chi connectivity index (χ4n) is 3.30. The largest absolute Gasteiger partial charge is 0.460 e. The van der Waals surface area contributed by atoms with Gasteiger partial charge in [0.25, 0.3) is 5.69 Å². The number of esters is 1. The number of rotatable bonds is 10. The molecule has 1 unspecified atom stereocenters. The molecular formula is C22H32N2O7Si. The van der Waals surface area contributed by atoms with Crippen molar-refractivity contribution in [2.45, 2.75) is 77.4 Å². The van der Waals surface area contributed by atoms with Gasteiger partial charge in [-0.2, -0.15) is 0 Å². The van der Waals surface area contributed by atoms with Crippen LogP contribution in [0.25, 0.3) is 0 Å². The predicted molar refractivity (Wildman–Crippen MR) is 120 cm³/mol. The van der Waals surface area contributed by atoms with Crippen molar-refractivity contribution >= 4 is 31.7 Å². The van der Waals surface area contributed by atoms with Gasteiger partial charge in [0, 0.05) is 24.6 Å². The number of non-ortho nitro benzene ring substituents is 1. The summed E-state index contributed by atoms with van der Waals surface area (Å²) in [5, 5.41) is 13.4. The van der Waals surface area contributed by atoms with Crippen LogP contribution in [-0.2, 0) is 30.2 Å². The van der Waals surface area contributed by atoms with E-state index in [1.54, 1.807) is 0 Å². The van der Waals surface area contributed by atoms with E-state index in [0.29, 0.717) is 5.56 Å². The number of nitro benzene ring substituents is 1. The minimum atomic E-state index is -2.07. The molecule has 9 nitrogen and oxygen atoms in total. The highest BCUT2D eigenvalue weighted by atomic mass is 28.4. The van der Waals surface area contributed by atoms with E-state index in [-0.39, 0.29) is 47.6 Å². The number of ether oxygens (including phenoxy) is 1. The first-order chi connectivity index (χ1) is 14.7. The molecule has 0 bridgehead atoms. The van der Waals surface area contributed by atoms with E-state index in [9.17, 15) is 24.5 Å². The molecule has 0 radical (unpaired) electrons. The van der Waals surface area contributed by atoms with Gasteiger partial charge in [0.15, 0.2) is 8.32 Å². The lowest BCUT2D eigenvalue weighted by atomic mass is 9.83. The minimum Gasteiger partial charge on any atom is -0.460 e. The average molecular weight is 465 g/mol. The van der Waals surface area contributed by atoms with Gasteiger partial charge in [0.05, 0.1) is 16.9 Å². The number of ketones is 1. The topological polar surface area (TPSA) is 125 Å². The number of hydrogen-bond donors (Lipinski definition) is 1. The second kappa shape index (κ2) is 9.91. The van der Waals surface area contributed by atoms with Crippen molar-refractivity contribution in [3.05, 3.63) is 39.9 Å². The molecule has 1 aliphatic rings. The van der Waals surface area contributed by atoms with Gasteiger partial charge in [0.1, 0.15) is 18.8 Å². The van der Waals surface area contributed by atoms with Gasteiger partial charge in [-0.3, -0.25) is 24.5 Å². The summed E-state index contributed by atoms with van der Waals surface area (Å²) in [6.07, 6.45) is -0.686. The zero-order valence-corrected chi connectivity index (χ0v) is 20.5. The molecule has 3 atom stereocenters. The van der Waals surface area contributed by atoms with Crippen LogP contribution in [0.5, 0.6) is 0 Å². The van der Waals surface area contributed by atoms with Crippen LogP contribution in [-0.4, -0.2) is 43.0 Å². The number of β-lactam (4-membered cyclic amide) rings is 1. The lowest BCUT2D eigenvalue weighted by molar-refractivity contribution is -0.384. The Morgan fingerprint density at radius 3 is 2.31 bits per heavy atom. The first kappa shape index (κ1) is 25.7. The Bertz CT molecular complexity index is 877. The standard InChI is InChI=1S/C22H32N2O7Si/c1-14(31-32(5,6)22(2,3)4)20-18(23-21(20)27)11-17(25)12-19(26)30-13-15-7-9-16(10-8-15)24(28)29/h7-10,14,18,20H,11-13H2,1-6H3,(H,23,27)/t14-,18?,20-/m1/s1. The van der Waals surface area contributed by atoms with Crippen molar-refractivity contribution in [1.29, 1.82) is 0 Å². The molecule has 0 saturated carbocycles. The first-order valence-electron chi connectivity index (χ1n) is 10.6. The maximum Gasteiger partial charge on any atom is 0.313 e. The van der Waals surface area contributed by atoms with E-state index in [1.807, 2.05) is 6.92 Å². The fourth-order valence-corrected chi connectivity index (χ4v) is 4.73. The van der Waals surface area contributed by atoms with Crippen LogP contribution in [0.4, 0.5) is 5.69 Å². The summed E-state index contributed by atoms with van der Waals surface area (Å²) < 4.78 is 11.4. The summed E-state index contributed by atoms with van der Waals surface area (Å²) in [4.78, 5) is 46.6. The molecule has 176 valence electrons. The third-order valence-corrected chi connectivity index (χ3v) is 10.8. The molecule has 10 heteroatoms. The second-order valence-corrected chi connectivity index (χ2v) is 14.5. The summed E-state index contributed by atoms with van der Waals surface area (Å²) in [5.74, 6) is -1.58. The Morgan fingerprint density at radius 1 is 1.22 bits per heavy atom. The summed E-state index contributed by atoms with van der Waals surface area (Å²) in [6.45, 7) is 12.4. The third-order valence-electron chi connectivity index (χ3n) is 6.19. The maximum absolute atomic E-state index is 12.3. The van der Waals surface area contributed by atoms with Gasteiger partial charge in [0.2, 0.25) is 5.91 Å². The Kier molecular flexibility index (Phi) is 7.95. The van der Waals surface area contributed by atoms with Gasteiger partial charge in [-0.05, 0) is 42.8 Å². The molecule has 1 aromatic rings. The van der Waals surface area contributed by atoms with E-state index in [0.717, 1.165) is 0 Å². The summed E-state index contributed by atoms with van der Waals surface area (Å²) in [5.41, 5.74) is 0.526. The zero-order chi connectivity index (χ0) is 24.3. The van der Waals surface area contributed by atoms with Crippen LogP contribution in [0.2, 0.25) is 18.1 Å². The van der Waals surface area contributed by atoms with Crippen LogP contribution >= 0.6 is 0 Å². The average Bonchev–Trinajstić information content (AvgIpc) is 2.64.